The van der Waals surface area contributed by atoms with Crippen molar-refractivity contribution in [1.82, 2.24) is 29.7 Å². The van der Waals surface area contributed by atoms with Crippen LogP contribution in [0.2, 0.25) is 0 Å². The molecule has 0 spiro atoms. The molecule has 0 atom stereocenters. The van der Waals surface area contributed by atoms with Crippen LogP contribution in [0.4, 0.5) is 8.78 Å². The Hall–Kier alpha value is -8.08. The molecule has 10 rings (SSSR count). The van der Waals surface area contributed by atoms with Crippen LogP contribution in [-0.4, -0.2) is 78.0 Å². The number of hydrogen-bond acceptors (Lipinski definition) is 12. The molecule has 18 heteroatoms. The number of phenols is 1. The normalized spacial score (nSPS) is 12.7. The van der Waals surface area contributed by atoms with Crippen molar-refractivity contribution >= 4 is 68.9 Å². The third-order valence-electron chi connectivity index (χ3n) is 10.9. The van der Waals surface area contributed by atoms with E-state index >= 15 is 0 Å². The van der Waals surface area contributed by atoms with Gasteiger partial charge >= 0.3 is 0 Å². The van der Waals surface area contributed by atoms with E-state index in [1.54, 1.807) is 0 Å². The number of amides is 4. The number of benzene rings is 6. The van der Waals surface area contributed by atoms with Gasteiger partial charge in [-0.25, -0.2) is 28.7 Å². The van der Waals surface area contributed by atoms with Crippen molar-refractivity contribution in [3.63, 3.8) is 0 Å². The lowest BCUT2D eigenvalue weighted by atomic mass is 10.00. The zero-order chi connectivity index (χ0) is 48.1. The first-order valence-corrected chi connectivity index (χ1v) is 21.6. The first-order chi connectivity index (χ1) is 33.0. The third-order valence-corrected chi connectivity index (χ3v) is 10.9. The average molecular weight is 958 g/mol. The van der Waals surface area contributed by atoms with Crippen molar-refractivity contribution < 1.29 is 47.3 Å². The average Bonchev–Trinajstić information content (AvgIpc) is 3.75. The molecule has 8 aromatic rings. The van der Waals surface area contributed by atoms with Gasteiger partial charge in [0.1, 0.15) is 62.1 Å². The number of carbonyl (C=O) groups is 4. The number of carbonyl (C=O) groups excluding carboxylic acids is 4. The summed E-state index contributed by atoms with van der Waals surface area (Å²) in [6.45, 7) is -0.111. The number of halogens is 4. The fourth-order valence-electron chi connectivity index (χ4n) is 7.87. The highest BCUT2D eigenvalue weighted by molar-refractivity contribution is 6.40. The Morgan fingerprint density at radius 2 is 0.853 bits per heavy atom. The van der Waals surface area contributed by atoms with Gasteiger partial charge in [0, 0.05) is 24.8 Å². The smallest absolute Gasteiger partial charge is 0.265 e. The second-order valence-electron chi connectivity index (χ2n) is 14.8. The Morgan fingerprint density at radius 3 is 1.26 bits per heavy atom. The predicted molar refractivity (Wildman–Crippen MR) is 247 cm³/mol. The van der Waals surface area contributed by atoms with Gasteiger partial charge < -0.3 is 19.3 Å². The van der Waals surface area contributed by atoms with Crippen LogP contribution in [0.3, 0.4) is 0 Å². The second kappa shape index (κ2) is 20.2. The van der Waals surface area contributed by atoms with E-state index in [1.807, 2.05) is 60.7 Å². The van der Waals surface area contributed by atoms with E-state index in [9.17, 15) is 33.1 Å². The maximum atomic E-state index is 13.9. The molecule has 0 saturated carbocycles. The first kappa shape index (κ1) is 46.4. The fourth-order valence-corrected chi connectivity index (χ4v) is 7.87. The lowest BCUT2D eigenvalue weighted by molar-refractivity contribution is 0.0624. The zero-order valence-corrected chi connectivity index (χ0v) is 37.4. The highest BCUT2D eigenvalue weighted by Crippen LogP contribution is 2.46. The summed E-state index contributed by atoms with van der Waals surface area (Å²) in [5.41, 5.74) is 3.65. The molecule has 2 aliphatic rings. The van der Waals surface area contributed by atoms with Crippen molar-refractivity contribution in [3.8, 4) is 23.0 Å². The highest BCUT2D eigenvalue weighted by Gasteiger charge is 2.45. The van der Waals surface area contributed by atoms with Crippen LogP contribution < -0.4 is 14.2 Å². The van der Waals surface area contributed by atoms with E-state index in [2.05, 4.69) is 19.9 Å². The van der Waals surface area contributed by atoms with Crippen LogP contribution in [0.1, 0.15) is 69.8 Å². The number of ether oxygens (including phenoxy) is 3. The number of phenolic OH excluding ortho intramolecular Hbond substituents is 1. The maximum absolute atomic E-state index is 13.9. The number of alkyl halides is 2. The molecule has 1 N–H and O–H groups in total. The molecule has 2 aromatic heterocycles. The van der Waals surface area contributed by atoms with E-state index in [1.165, 1.54) is 87.5 Å². The van der Waals surface area contributed by atoms with Gasteiger partial charge in [-0.05, 0) is 46.5 Å². The summed E-state index contributed by atoms with van der Waals surface area (Å²) in [7, 11) is 2.77. The van der Waals surface area contributed by atoms with Crippen LogP contribution in [0.5, 0.6) is 23.0 Å². The van der Waals surface area contributed by atoms with Crippen molar-refractivity contribution in [1.29, 1.82) is 0 Å². The molecule has 0 saturated heterocycles. The Bertz CT molecular complexity index is 3170. The van der Waals surface area contributed by atoms with Crippen molar-refractivity contribution in [3.05, 3.63) is 190 Å². The Balaban J connectivity index is 0.000000187. The molecule has 0 aliphatic carbocycles. The molecule has 4 heterocycles. The van der Waals surface area contributed by atoms with Crippen LogP contribution in [0.25, 0.3) is 22.1 Å². The van der Waals surface area contributed by atoms with Crippen LogP contribution in [-0.2, 0) is 13.1 Å². The Kier molecular flexibility index (Phi) is 13.8. The molecular weight excluding hydrogens is 921 g/mol. The largest absolute Gasteiger partial charge is 0.505 e. The number of aromatic hydroxyl groups is 1. The third kappa shape index (κ3) is 8.81. The summed E-state index contributed by atoms with van der Waals surface area (Å²) in [5, 5.41) is 10.7. The number of methoxy groups -OCH3 is 2. The number of rotatable bonds is 10. The van der Waals surface area contributed by atoms with Crippen LogP contribution in [0, 0.1) is 11.6 Å². The van der Waals surface area contributed by atoms with Gasteiger partial charge in [0.25, 0.3) is 23.6 Å². The summed E-state index contributed by atoms with van der Waals surface area (Å²) < 4.78 is 44.1. The summed E-state index contributed by atoms with van der Waals surface area (Å²) in [4.78, 5) is 72.4. The Morgan fingerprint density at radius 1 is 0.515 bits per heavy atom. The molecule has 2 aliphatic heterocycles. The van der Waals surface area contributed by atoms with Crippen LogP contribution >= 0.6 is 23.2 Å². The molecule has 0 radical (unpaired) electrons. The molecule has 14 nitrogen and oxygen atoms in total. The number of fused-ring (bicyclic) bond motifs is 4. The summed E-state index contributed by atoms with van der Waals surface area (Å²) in [6, 6.07) is 30.3. The predicted octanol–water partition coefficient (Wildman–Crippen LogP) is 9.44. The van der Waals surface area contributed by atoms with Gasteiger partial charge in [-0.15, -0.1) is 23.2 Å². The lowest BCUT2D eigenvalue weighted by Crippen LogP contribution is -2.29. The minimum absolute atomic E-state index is 0.0484. The maximum Gasteiger partial charge on any atom is 0.265 e. The van der Waals surface area contributed by atoms with E-state index in [-0.39, 0.29) is 69.0 Å². The lowest BCUT2D eigenvalue weighted by Gasteiger charge is -2.23. The molecule has 0 bridgehead atoms. The molecule has 342 valence electrons. The van der Waals surface area contributed by atoms with E-state index in [0.717, 1.165) is 20.9 Å². The van der Waals surface area contributed by atoms with Gasteiger partial charge in [0.15, 0.2) is 23.0 Å². The number of hydrogen-bond donors (Lipinski definition) is 1. The van der Waals surface area contributed by atoms with Gasteiger partial charge in [-0.2, -0.15) is 0 Å². The quantitative estimate of drug-likeness (QED) is 0.102. The SMILES string of the molecule is COc1c2c(c(O)c3nccnc13)C(=O)N(Cc1ccc(F)cc1)C2=O.COc1c2c(c(OC(c3ccccc3)c3ccccc3)c3nccnc13)C(=O)N(Cc1ccc(F)cc1)C2=O.ClCCl. The van der Waals surface area contributed by atoms with Gasteiger partial charge in [0.2, 0.25) is 0 Å². The van der Waals surface area contributed by atoms with Crippen molar-refractivity contribution in [2.24, 2.45) is 0 Å². The van der Waals surface area contributed by atoms with Gasteiger partial charge in [-0.1, -0.05) is 84.9 Å². The van der Waals surface area contributed by atoms with E-state index < -0.39 is 47.1 Å². The minimum Gasteiger partial charge on any atom is -0.505 e. The summed E-state index contributed by atoms with van der Waals surface area (Å²) >= 11 is 9.53. The van der Waals surface area contributed by atoms with E-state index in [0.29, 0.717) is 22.2 Å². The topological polar surface area (TPSA) is 174 Å². The second-order valence-corrected chi connectivity index (χ2v) is 15.6. The van der Waals surface area contributed by atoms with E-state index in [4.69, 9.17) is 37.4 Å². The summed E-state index contributed by atoms with van der Waals surface area (Å²) in [6.07, 6.45) is 5.15. The first-order valence-electron chi connectivity index (χ1n) is 20.5. The monoisotopic (exact) mass is 956 g/mol. The Labute approximate surface area is 396 Å². The number of imide groups is 2. The zero-order valence-electron chi connectivity index (χ0n) is 35.9. The van der Waals surface area contributed by atoms with Crippen LogP contribution in [0.15, 0.2) is 134 Å². The van der Waals surface area contributed by atoms with Gasteiger partial charge in [-0.3, -0.25) is 29.0 Å². The molecule has 68 heavy (non-hydrogen) atoms. The van der Waals surface area contributed by atoms with Gasteiger partial charge in [0.05, 0.1) is 32.6 Å². The molecule has 0 fully saturated rings. The van der Waals surface area contributed by atoms with Crippen molar-refractivity contribution in [2.45, 2.75) is 19.2 Å². The minimum atomic E-state index is -0.669. The molecule has 6 aromatic carbocycles. The molecular formula is C50H36Cl2F2N6O8. The molecule has 4 amide bonds. The molecule has 0 unspecified atom stereocenters. The fraction of sp³-hybridized carbons (Fsp3) is 0.120. The number of aromatic nitrogens is 4. The number of nitrogens with zero attached hydrogens (tertiary/aromatic N) is 6. The highest BCUT2D eigenvalue weighted by atomic mass is 35.5. The van der Waals surface area contributed by atoms with Crippen molar-refractivity contribution in [2.75, 3.05) is 19.6 Å². The summed E-state index contributed by atoms with van der Waals surface area (Å²) in [5.74, 6) is -3.25. The standard InChI is InChI=1S/C31H22FN3O4.C18H12FN3O4.CH2Cl2/c1-38-28-23-24(31(37)35(30(23)36)18-19-12-14-22(32)15-13-19)29(26-25(28)33-16-17-34-26)39-27(20-8-4-2-5-9-20)21-10-6-3-7-11-21;1-26-16-12-11(15(23)13-14(16)21-7-6-20-13)17(24)22(18(12)25)8-9-2-4-10(19)5-3-9;2-1-3/h2-17,27H,18H2,1H3;2-7,23H,8H2,1H3;1H2.